The highest BCUT2D eigenvalue weighted by molar-refractivity contribution is 6.12. The smallest absolute Gasteiger partial charge is 0.257 e. The van der Waals surface area contributed by atoms with E-state index in [1.165, 1.54) is 17.1 Å². The number of imide groups is 1. The van der Waals surface area contributed by atoms with Crippen molar-refractivity contribution in [2.75, 3.05) is 16.8 Å². The Bertz CT molecular complexity index is 928. The number of likely N-dealkylation sites (N-methyl/N-ethyl adjacent to an activating group) is 1. The number of rotatable bonds is 8. The van der Waals surface area contributed by atoms with Gasteiger partial charge in [0.1, 0.15) is 6.29 Å². The minimum absolute atomic E-state index is 0.285. The number of anilines is 2. The van der Waals surface area contributed by atoms with Crippen LogP contribution in [0.15, 0.2) is 72.8 Å². The summed E-state index contributed by atoms with van der Waals surface area (Å²) >= 11 is 0. The maximum atomic E-state index is 11.9. The Kier molecular flexibility index (Phi) is 7.79. The largest absolute Gasteiger partial charge is 0.312 e. The van der Waals surface area contributed by atoms with Gasteiger partial charge in [-0.15, -0.1) is 0 Å². The zero-order chi connectivity index (χ0) is 21.2. The Morgan fingerprint density at radius 2 is 1.38 bits per heavy atom. The van der Waals surface area contributed by atoms with Crippen LogP contribution in [0.25, 0.3) is 0 Å². The first-order valence-corrected chi connectivity index (χ1v) is 8.98. The molecule has 0 aliphatic rings. The molecule has 3 amide bonds. The lowest BCUT2D eigenvalue weighted by Crippen LogP contribution is -2.27. The molecule has 0 aliphatic carbocycles. The minimum atomic E-state index is -0.396. The van der Waals surface area contributed by atoms with E-state index in [1.54, 1.807) is 32.2 Å². The number of allylic oxidation sites excluding steroid dienone is 2. The average Bonchev–Trinajstić information content (AvgIpc) is 2.74. The number of nitrogens with zero attached hydrogens (tertiary/aromatic N) is 2. The van der Waals surface area contributed by atoms with E-state index in [9.17, 15) is 19.2 Å². The van der Waals surface area contributed by atoms with Crippen molar-refractivity contribution in [1.29, 1.82) is 0 Å². The van der Waals surface area contributed by atoms with Gasteiger partial charge >= 0.3 is 0 Å². The van der Waals surface area contributed by atoms with Crippen LogP contribution in [0.4, 0.5) is 11.4 Å². The van der Waals surface area contributed by atoms with Gasteiger partial charge < -0.3 is 4.90 Å². The number of carbonyl (C=O) groups excluding carboxylic acids is 4. The number of hydrogen-bond acceptors (Lipinski definition) is 4. The Labute approximate surface area is 169 Å². The predicted octanol–water partition coefficient (Wildman–Crippen LogP) is 3.06. The van der Waals surface area contributed by atoms with Gasteiger partial charge in [0, 0.05) is 18.8 Å². The van der Waals surface area contributed by atoms with Crippen molar-refractivity contribution in [3.63, 3.8) is 0 Å². The van der Waals surface area contributed by atoms with Gasteiger partial charge in [0.2, 0.25) is 6.41 Å². The molecule has 2 aromatic carbocycles. The van der Waals surface area contributed by atoms with Crippen LogP contribution in [0.3, 0.4) is 0 Å². The third-order valence-corrected chi connectivity index (χ3v) is 4.25. The zero-order valence-electron chi connectivity index (χ0n) is 16.3. The summed E-state index contributed by atoms with van der Waals surface area (Å²) in [5.41, 5.74) is 3.28. The van der Waals surface area contributed by atoms with Crippen molar-refractivity contribution in [3.8, 4) is 0 Å². The van der Waals surface area contributed by atoms with Gasteiger partial charge in [-0.1, -0.05) is 30.3 Å². The lowest BCUT2D eigenvalue weighted by atomic mass is 10.0. The van der Waals surface area contributed by atoms with Crippen LogP contribution < -0.4 is 9.80 Å². The number of carbonyl (C=O) groups is 4. The third kappa shape index (κ3) is 5.84. The Balaban J connectivity index is 2.07. The van der Waals surface area contributed by atoms with Crippen molar-refractivity contribution in [2.45, 2.75) is 13.3 Å². The SMILES string of the molecule is C/C=C\C(=O)N(C=O)c1ccc(Cc2ccc(N(C)C(=O)/C=C\C=O)cc2)cc1. The van der Waals surface area contributed by atoms with Crippen LogP contribution >= 0.6 is 0 Å². The molecule has 0 aromatic heterocycles. The molecule has 148 valence electrons. The molecule has 2 aromatic rings. The number of benzene rings is 2. The van der Waals surface area contributed by atoms with E-state index in [-0.39, 0.29) is 5.91 Å². The summed E-state index contributed by atoms with van der Waals surface area (Å²) in [5.74, 6) is -0.680. The highest BCUT2D eigenvalue weighted by Crippen LogP contribution is 2.19. The van der Waals surface area contributed by atoms with E-state index >= 15 is 0 Å². The van der Waals surface area contributed by atoms with Crippen molar-refractivity contribution in [2.24, 2.45) is 0 Å². The van der Waals surface area contributed by atoms with Crippen molar-refractivity contribution in [3.05, 3.63) is 84.0 Å². The molecule has 0 fully saturated rings. The maximum absolute atomic E-state index is 11.9. The van der Waals surface area contributed by atoms with Crippen LogP contribution in [0.5, 0.6) is 0 Å². The monoisotopic (exact) mass is 390 g/mol. The molecule has 6 nitrogen and oxygen atoms in total. The third-order valence-electron chi connectivity index (χ3n) is 4.25. The fraction of sp³-hybridized carbons (Fsp3) is 0.130. The molecule has 0 unspecified atom stereocenters. The first-order valence-electron chi connectivity index (χ1n) is 8.98. The first kappa shape index (κ1) is 21.5. The predicted molar refractivity (Wildman–Crippen MR) is 113 cm³/mol. The zero-order valence-corrected chi connectivity index (χ0v) is 16.3. The lowest BCUT2D eigenvalue weighted by molar-refractivity contribution is -0.118. The molecular weight excluding hydrogens is 368 g/mol. The fourth-order valence-electron chi connectivity index (χ4n) is 2.67. The molecular formula is C23H22N2O4. The fourth-order valence-corrected chi connectivity index (χ4v) is 2.67. The van der Waals surface area contributed by atoms with E-state index in [2.05, 4.69) is 0 Å². The summed E-state index contributed by atoms with van der Waals surface area (Å²) in [6.45, 7) is 1.71. The van der Waals surface area contributed by atoms with Gasteiger partial charge in [-0.2, -0.15) is 0 Å². The standard InChI is InChI=1S/C23H22N2O4/c1-3-5-23(29)25(17-27)21-13-9-19(10-14-21)16-18-7-11-20(12-8-18)24(2)22(28)6-4-15-26/h3-15,17H,16H2,1-2H3/b5-3-,6-4-. The second-order valence-corrected chi connectivity index (χ2v) is 6.22. The second-order valence-electron chi connectivity index (χ2n) is 6.22. The van der Waals surface area contributed by atoms with Crippen LogP contribution in [-0.4, -0.2) is 31.6 Å². The van der Waals surface area contributed by atoms with Gasteiger partial charge in [0.25, 0.3) is 11.8 Å². The summed E-state index contributed by atoms with van der Waals surface area (Å²) < 4.78 is 0. The topological polar surface area (TPSA) is 74.8 Å². The second kappa shape index (κ2) is 10.5. The molecule has 0 N–H and O–H groups in total. The molecule has 0 saturated heterocycles. The molecule has 0 radical (unpaired) electrons. The summed E-state index contributed by atoms with van der Waals surface area (Å²) in [6.07, 6.45) is 7.01. The minimum Gasteiger partial charge on any atom is -0.312 e. The Morgan fingerprint density at radius 1 is 0.828 bits per heavy atom. The summed E-state index contributed by atoms with van der Waals surface area (Å²) in [7, 11) is 1.64. The molecule has 29 heavy (non-hydrogen) atoms. The van der Waals surface area contributed by atoms with Crippen LogP contribution in [0.1, 0.15) is 18.1 Å². The van der Waals surface area contributed by atoms with Crippen molar-refractivity contribution < 1.29 is 19.2 Å². The van der Waals surface area contributed by atoms with Crippen LogP contribution in [0, 0.1) is 0 Å². The maximum Gasteiger partial charge on any atom is 0.257 e. The van der Waals surface area contributed by atoms with Crippen molar-refractivity contribution in [1.82, 2.24) is 0 Å². The van der Waals surface area contributed by atoms with Crippen LogP contribution in [-0.2, 0) is 25.6 Å². The highest BCUT2D eigenvalue weighted by atomic mass is 16.2. The van der Waals surface area contributed by atoms with Gasteiger partial charge in [-0.05, 0) is 60.9 Å². The first-order chi connectivity index (χ1) is 14.0. The Hall–Kier alpha value is -3.80. The van der Waals surface area contributed by atoms with Crippen molar-refractivity contribution >= 4 is 35.9 Å². The normalized spacial score (nSPS) is 10.8. The number of hydrogen-bond donors (Lipinski definition) is 0. The molecule has 0 aliphatic heterocycles. The summed E-state index contributed by atoms with van der Waals surface area (Å²) in [6, 6.07) is 14.7. The Morgan fingerprint density at radius 3 is 1.86 bits per heavy atom. The van der Waals surface area contributed by atoms with Gasteiger partial charge in [0.15, 0.2) is 0 Å². The molecule has 0 saturated carbocycles. The van der Waals surface area contributed by atoms with Gasteiger partial charge in [-0.25, -0.2) is 4.90 Å². The van der Waals surface area contributed by atoms with E-state index in [4.69, 9.17) is 0 Å². The summed E-state index contributed by atoms with van der Waals surface area (Å²) in [4.78, 5) is 47.8. The van der Waals surface area contributed by atoms with Gasteiger partial charge in [0.05, 0.1) is 5.69 Å². The van der Waals surface area contributed by atoms with E-state index in [0.29, 0.717) is 30.5 Å². The van der Waals surface area contributed by atoms with E-state index in [0.717, 1.165) is 22.1 Å². The molecule has 0 heterocycles. The molecule has 6 heteroatoms. The van der Waals surface area contributed by atoms with Gasteiger partial charge in [-0.3, -0.25) is 19.2 Å². The van der Waals surface area contributed by atoms with E-state index in [1.807, 2.05) is 36.4 Å². The number of amides is 3. The van der Waals surface area contributed by atoms with Crippen LogP contribution in [0.2, 0.25) is 0 Å². The highest BCUT2D eigenvalue weighted by Gasteiger charge is 2.12. The van der Waals surface area contributed by atoms with E-state index < -0.39 is 5.91 Å². The molecule has 0 spiro atoms. The lowest BCUT2D eigenvalue weighted by Gasteiger charge is -2.16. The molecule has 0 bridgehead atoms. The number of aldehydes is 1. The molecule has 2 rings (SSSR count). The average molecular weight is 390 g/mol. The quantitative estimate of drug-likeness (QED) is 0.513. The molecule has 0 atom stereocenters. The summed E-state index contributed by atoms with van der Waals surface area (Å²) in [5, 5.41) is 0.